The predicted molar refractivity (Wildman–Crippen MR) is 49.4 cm³/mol. The molecule has 1 aliphatic rings. The van der Waals surface area contributed by atoms with Crippen LogP contribution >= 0.6 is 0 Å². The minimum Gasteiger partial charge on any atom is -0.477 e. The van der Waals surface area contributed by atoms with Crippen LogP contribution in [0.1, 0.15) is 0 Å². The molecule has 2 atom stereocenters. The van der Waals surface area contributed by atoms with Gasteiger partial charge in [0.05, 0.1) is 13.2 Å². The average molecular weight is 232 g/mol. The van der Waals surface area contributed by atoms with E-state index in [0.717, 1.165) is 12.1 Å². The Morgan fingerprint density at radius 3 is 1.62 bits per heavy atom. The zero-order valence-corrected chi connectivity index (χ0v) is 8.19. The lowest BCUT2D eigenvalue weighted by molar-refractivity contribution is -0.0397. The van der Waals surface area contributed by atoms with Gasteiger partial charge in [0, 0.05) is 0 Å². The van der Waals surface area contributed by atoms with Gasteiger partial charge < -0.3 is 19.7 Å². The monoisotopic (exact) mass is 232 g/mol. The number of fused-ring (bicyclic) bond motifs is 1. The summed E-state index contributed by atoms with van der Waals surface area (Å²) in [6, 6.07) is 1.82. The Bertz CT molecular complexity index is 360. The number of halogens is 2. The largest absolute Gasteiger partial charge is 0.477 e. The van der Waals surface area contributed by atoms with E-state index >= 15 is 0 Å². The van der Waals surface area contributed by atoms with Crippen molar-refractivity contribution in [1.29, 1.82) is 0 Å². The predicted octanol–water partition coefficient (Wildman–Crippen LogP) is 0.458. The highest BCUT2D eigenvalue weighted by molar-refractivity contribution is 5.44. The normalized spacial score (nSPS) is 23.2. The second-order valence-electron chi connectivity index (χ2n) is 3.37. The third-order valence-electron chi connectivity index (χ3n) is 2.33. The Hall–Kier alpha value is -1.40. The molecule has 0 saturated heterocycles. The fourth-order valence-electron chi connectivity index (χ4n) is 1.50. The minimum atomic E-state index is -0.909. The van der Waals surface area contributed by atoms with E-state index in [0.29, 0.717) is 0 Å². The van der Waals surface area contributed by atoms with Crippen LogP contribution in [0.2, 0.25) is 0 Å². The van der Waals surface area contributed by atoms with Crippen molar-refractivity contribution < 1.29 is 28.5 Å². The summed E-state index contributed by atoms with van der Waals surface area (Å²) < 4.78 is 36.6. The van der Waals surface area contributed by atoms with Gasteiger partial charge in [-0.1, -0.05) is 0 Å². The van der Waals surface area contributed by atoms with E-state index in [1.807, 2.05) is 0 Å². The van der Waals surface area contributed by atoms with Gasteiger partial charge in [-0.25, -0.2) is 8.78 Å². The molecule has 2 rings (SSSR count). The van der Waals surface area contributed by atoms with E-state index in [4.69, 9.17) is 19.7 Å². The molecule has 0 aromatic heterocycles. The maximum absolute atomic E-state index is 13.3. The summed E-state index contributed by atoms with van der Waals surface area (Å²) in [5.74, 6) is -2.29. The summed E-state index contributed by atoms with van der Waals surface area (Å²) in [7, 11) is 0. The van der Waals surface area contributed by atoms with E-state index in [2.05, 4.69) is 0 Å². The molecular weight excluding hydrogens is 222 g/mol. The smallest absolute Gasteiger partial charge is 0.200 e. The van der Waals surface area contributed by atoms with E-state index in [1.165, 1.54) is 0 Å². The number of aliphatic hydroxyl groups excluding tert-OH is 2. The summed E-state index contributed by atoms with van der Waals surface area (Å²) in [4.78, 5) is 0. The molecule has 88 valence electrons. The molecule has 16 heavy (non-hydrogen) atoms. The first-order valence-electron chi connectivity index (χ1n) is 4.70. The van der Waals surface area contributed by atoms with Crippen LogP contribution in [0.5, 0.6) is 11.5 Å². The lowest BCUT2D eigenvalue weighted by Crippen LogP contribution is -2.45. The number of hydrogen-bond acceptors (Lipinski definition) is 4. The molecule has 1 aliphatic heterocycles. The summed E-state index contributed by atoms with van der Waals surface area (Å²) in [6.07, 6.45) is -1.82. The summed E-state index contributed by atoms with van der Waals surface area (Å²) in [5, 5.41) is 17.9. The van der Waals surface area contributed by atoms with Gasteiger partial charge in [0.2, 0.25) is 11.5 Å². The van der Waals surface area contributed by atoms with Gasteiger partial charge in [0.1, 0.15) is 0 Å². The van der Waals surface area contributed by atoms with Crippen LogP contribution in [0.3, 0.4) is 0 Å². The van der Waals surface area contributed by atoms with Crippen molar-refractivity contribution in [2.75, 3.05) is 13.2 Å². The average Bonchev–Trinajstić information content (AvgIpc) is 2.32. The highest BCUT2D eigenvalue weighted by atomic mass is 19.1. The van der Waals surface area contributed by atoms with Crippen LogP contribution in [-0.4, -0.2) is 35.6 Å². The van der Waals surface area contributed by atoms with Crippen molar-refractivity contribution in [3.63, 3.8) is 0 Å². The quantitative estimate of drug-likeness (QED) is 0.777. The van der Waals surface area contributed by atoms with Crippen LogP contribution in [0, 0.1) is 11.6 Å². The molecule has 0 fully saturated rings. The molecule has 0 amide bonds. The fourth-order valence-corrected chi connectivity index (χ4v) is 1.50. The van der Waals surface area contributed by atoms with Gasteiger partial charge in [-0.15, -0.1) is 0 Å². The molecule has 6 heteroatoms. The Labute approximate surface area is 90.0 Å². The molecule has 0 radical (unpaired) electrons. The maximum atomic E-state index is 13.3. The van der Waals surface area contributed by atoms with Gasteiger partial charge in [-0.3, -0.25) is 0 Å². The molecule has 0 unspecified atom stereocenters. The molecule has 0 bridgehead atoms. The van der Waals surface area contributed by atoms with Gasteiger partial charge >= 0.3 is 0 Å². The van der Waals surface area contributed by atoms with Crippen molar-refractivity contribution in [3.05, 3.63) is 23.8 Å². The van der Waals surface area contributed by atoms with Crippen molar-refractivity contribution >= 4 is 0 Å². The van der Waals surface area contributed by atoms with Crippen molar-refractivity contribution in [3.8, 4) is 11.5 Å². The standard InChI is InChI=1S/C10H10F2O4/c11-5-1-2-6(12)10-9(5)15-7(3-13)8(4-14)16-10/h1-2,7-8,13-14H,3-4H2/t7-,8-/m1/s1. The van der Waals surface area contributed by atoms with Gasteiger partial charge in [0.25, 0.3) is 0 Å². The number of rotatable bonds is 2. The SMILES string of the molecule is OC[C@H]1Oc2c(F)ccc(F)c2O[C@@H]1CO. The number of hydrogen-bond donors (Lipinski definition) is 2. The highest BCUT2D eigenvalue weighted by Gasteiger charge is 2.34. The van der Waals surface area contributed by atoms with Crippen LogP contribution < -0.4 is 9.47 Å². The van der Waals surface area contributed by atoms with E-state index in [1.54, 1.807) is 0 Å². The number of benzene rings is 1. The van der Waals surface area contributed by atoms with Crippen LogP contribution in [-0.2, 0) is 0 Å². The molecule has 2 N–H and O–H groups in total. The molecule has 0 aliphatic carbocycles. The number of aliphatic hydroxyl groups is 2. The molecular formula is C10H10F2O4. The Morgan fingerprint density at radius 1 is 0.938 bits per heavy atom. The van der Waals surface area contributed by atoms with Crippen molar-refractivity contribution in [2.24, 2.45) is 0 Å². The summed E-state index contributed by atoms with van der Waals surface area (Å²) >= 11 is 0. The lowest BCUT2D eigenvalue weighted by Gasteiger charge is -2.32. The summed E-state index contributed by atoms with van der Waals surface area (Å²) in [6.45, 7) is -0.915. The van der Waals surface area contributed by atoms with Gasteiger partial charge in [0.15, 0.2) is 23.8 Å². The third-order valence-corrected chi connectivity index (χ3v) is 2.33. The first-order valence-corrected chi connectivity index (χ1v) is 4.70. The topological polar surface area (TPSA) is 58.9 Å². The minimum absolute atomic E-state index is 0.372. The molecule has 4 nitrogen and oxygen atoms in total. The Balaban J connectivity index is 2.41. The lowest BCUT2D eigenvalue weighted by atomic mass is 10.1. The van der Waals surface area contributed by atoms with Crippen LogP contribution in [0.15, 0.2) is 12.1 Å². The Kier molecular flexibility index (Phi) is 2.93. The maximum Gasteiger partial charge on any atom is 0.200 e. The molecule has 0 spiro atoms. The third kappa shape index (κ3) is 1.70. The molecule has 1 heterocycles. The fraction of sp³-hybridized carbons (Fsp3) is 0.400. The zero-order chi connectivity index (χ0) is 11.7. The molecule has 1 aromatic rings. The molecule has 1 aromatic carbocycles. The van der Waals surface area contributed by atoms with E-state index < -0.39 is 37.1 Å². The van der Waals surface area contributed by atoms with E-state index in [9.17, 15) is 8.78 Å². The number of ether oxygens (including phenoxy) is 2. The second kappa shape index (κ2) is 4.23. The van der Waals surface area contributed by atoms with Crippen molar-refractivity contribution in [2.45, 2.75) is 12.2 Å². The van der Waals surface area contributed by atoms with Gasteiger partial charge in [-0.05, 0) is 12.1 Å². The zero-order valence-electron chi connectivity index (χ0n) is 8.19. The van der Waals surface area contributed by atoms with Crippen LogP contribution in [0.25, 0.3) is 0 Å². The van der Waals surface area contributed by atoms with Gasteiger partial charge in [-0.2, -0.15) is 0 Å². The second-order valence-corrected chi connectivity index (χ2v) is 3.37. The first-order chi connectivity index (χ1) is 7.67. The summed E-state index contributed by atoms with van der Waals surface area (Å²) in [5.41, 5.74) is 0. The first kappa shape index (κ1) is 11.1. The molecule has 0 saturated carbocycles. The Morgan fingerprint density at radius 2 is 1.31 bits per heavy atom. The van der Waals surface area contributed by atoms with Crippen molar-refractivity contribution in [1.82, 2.24) is 0 Å². The van der Waals surface area contributed by atoms with Crippen LogP contribution in [0.4, 0.5) is 8.78 Å². The highest BCUT2D eigenvalue weighted by Crippen LogP contribution is 2.38. The van der Waals surface area contributed by atoms with E-state index in [-0.39, 0.29) is 11.5 Å².